The quantitative estimate of drug-likeness (QED) is 0.858. The van der Waals surface area contributed by atoms with Gasteiger partial charge in [-0.2, -0.15) is 5.26 Å². The van der Waals surface area contributed by atoms with Crippen molar-refractivity contribution in [3.63, 3.8) is 0 Å². The molecule has 0 spiro atoms. The van der Waals surface area contributed by atoms with E-state index in [2.05, 4.69) is 19.2 Å². The molecule has 0 radical (unpaired) electrons. The van der Waals surface area contributed by atoms with Crippen LogP contribution in [0.5, 0.6) is 0 Å². The second-order valence-corrected chi connectivity index (χ2v) is 5.53. The molecular formula is C15H19FN2. The zero-order valence-corrected chi connectivity index (χ0v) is 10.9. The van der Waals surface area contributed by atoms with E-state index in [1.165, 1.54) is 12.5 Å². The van der Waals surface area contributed by atoms with Crippen molar-refractivity contribution in [1.82, 2.24) is 0 Å². The maximum Gasteiger partial charge on any atom is 0.143 e. The molecule has 1 aromatic rings. The number of anilines is 1. The average molecular weight is 246 g/mol. The van der Waals surface area contributed by atoms with E-state index in [-0.39, 0.29) is 5.56 Å². The third-order valence-corrected chi connectivity index (χ3v) is 3.66. The summed E-state index contributed by atoms with van der Waals surface area (Å²) in [6, 6.07) is 7.04. The average Bonchev–Trinajstić information content (AvgIpc) is 2.27. The molecule has 2 nitrogen and oxygen atoms in total. The summed E-state index contributed by atoms with van der Waals surface area (Å²) in [5, 5.41) is 12.3. The second kappa shape index (κ2) is 5.39. The molecule has 96 valence electrons. The van der Waals surface area contributed by atoms with Crippen molar-refractivity contribution in [3.05, 3.63) is 29.6 Å². The van der Waals surface area contributed by atoms with E-state index in [0.29, 0.717) is 23.6 Å². The number of nitriles is 1. The molecule has 0 saturated heterocycles. The minimum atomic E-state index is -0.445. The van der Waals surface area contributed by atoms with Crippen LogP contribution < -0.4 is 5.32 Å². The summed E-state index contributed by atoms with van der Waals surface area (Å²) < 4.78 is 13.5. The van der Waals surface area contributed by atoms with Crippen LogP contribution in [0.25, 0.3) is 0 Å². The Balaban J connectivity index is 2.14. The highest BCUT2D eigenvalue weighted by Gasteiger charge is 2.24. The Kier molecular flexibility index (Phi) is 3.86. The summed E-state index contributed by atoms with van der Waals surface area (Å²) in [5.74, 6) is 0.926. The molecule has 1 fully saturated rings. The fraction of sp³-hybridized carbons (Fsp3) is 0.533. The number of nitrogens with one attached hydrogen (secondary N) is 1. The third kappa shape index (κ3) is 2.81. The van der Waals surface area contributed by atoms with E-state index in [9.17, 15) is 4.39 Å². The van der Waals surface area contributed by atoms with Crippen LogP contribution in [-0.2, 0) is 0 Å². The van der Waals surface area contributed by atoms with E-state index in [0.717, 1.165) is 12.8 Å². The summed E-state index contributed by atoms with van der Waals surface area (Å²) in [4.78, 5) is 0. The predicted octanol–water partition coefficient (Wildman–Crippen LogP) is 3.93. The number of nitrogens with zero attached hydrogens (tertiary/aromatic N) is 1. The first kappa shape index (κ1) is 12.9. The molecule has 0 amide bonds. The maximum absolute atomic E-state index is 13.5. The Morgan fingerprint density at radius 2 is 1.89 bits per heavy atom. The Hall–Kier alpha value is -1.56. The van der Waals surface area contributed by atoms with Crippen molar-refractivity contribution < 1.29 is 4.39 Å². The number of hydrogen-bond donors (Lipinski definition) is 1. The first-order chi connectivity index (χ1) is 8.60. The van der Waals surface area contributed by atoms with Gasteiger partial charge < -0.3 is 5.32 Å². The third-order valence-electron chi connectivity index (χ3n) is 3.66. The molecule has 0 heterocycles. The Bertz CT molecular complexity index is 454. The lowest BCUT2D eigenvalue weighted by Crippen LogP contribution is -2.30. The topological polar surface area (TPSA) is 35.8 Å². The Labute approximate surface area is 108 Å². The van der Waals surface area contributed by atoms with E-state index in [4.69, 9.17) is 5.26 Å². The molecule has 2 unspecified atom stereocenters. The molecule has 18 heavy (non-hydrogen) atoms. The molecule has 2 rings (SSSR count). The first-order valence-electron chi connectivity index (χ1n) is 6.55. The highest BCUT2D eigenvalue weighted by molar-refractivity contribution is 5.58. The fourth-order valence-electron chi connectivity index (χ4n) is 3.04. The van der Waals surface area contributed by atoms with Gasteiger partial charge in [-0.1, -0.05) is 19.9 Å². The van der Waals surface area contributed by atoms with Gasteiger partial charge in [0.05, 0.1) is 5.69 Å². The molecule has 1 aliphatic rings. The van der Waals surface area contributed by atoms with Crippen molar-refractivity contribution in [2.45, 2.75) is 39.2 Å². The second-order valence-electron chi connectivity index (χ2n) is 5.53. The molecule has 0 aromatic heterocycles. The zero-order valence-electron chi connectivity index (χ0n) is 10.9. The van der Waals surface area contributed by atoms with Crippen molar-refractivity contribution in [3.8, 4) is 6.07 Å². The monoisotopic (exact) mass is 246 g/mol. The smallest absolute Gasteiger partial charge is 0.143 e. The molecule has 1 N–H and O–H groups in total. The predicted molar refractivity (Wildman–Crippen MR) is 70.7 cm³/mol. The standard InChI is InChI=1S/C15H19FN2/c1-10-6-11(2)8-12(7-10)18-15-5-3-4-14(16)13(15)9-17/h3-5,10-12,18H,6-8H2,1-2H3. The van der Waals surface area contributed by atoms with Crippen LogP contribution in [0.4, 0.5) is 10.1 Å². The molecular weight excluding hydrogens is 227 g/mol. The van der Waals surface area contributed by atoms with Gasteiger partial charge in [0.2, 0.25) is 0 Å². The van der Waals surface area contributed by atoms with Gasteiger partial charge in [-0.3, -0.25) is 0 Å². The van der Waals surface area contributed by atoms with E-state index in [1.807, 2.05) is 6.07 Å². The largest absolute Gasteiger partial charge is 0.381 e. The molecule has 0 aliphatic heterocycles. The van der Waals surface area contributed by atoms with Gasteiger partial charge in [0.25, 0.3) is 0 Å². The van der Waals surface area contributed by atoms with Gasteiger partial charge >= 0.3 is 0 Å². The fourth-order valence-corrected chi connectivity index (χ4v) is 3.04. The van der Waals surface area contributed by atoms with Crippen LogP contribution in [0, 0.1) is 29.0 Å². The summed E-state index contributed by atoms with van der Waals surface area (Å²) in [6.07, 6.45) is 3.43. The Morgan fingerprint density at radius 3 is 2.50 bits per heavy atom. The number of hydrogen-bond acceptors (Lipinski definition) is 2. The van der Waals surface area contributed by atoms with Crippen LogP contribution >= 0.6 is 0 Å². The maximum atomic E-state index is 13.5. The summed E-state index contributed by atoms with van der Waals surface area (Å²) in [6.45, 7) is 4.50. The highest BCUT2D eigenvalue weighted by atomic mass is 19.1. The molecule has 1 aliphatic carbocycles. The zero-order chi connectivity index (χ0) is 13.1. The molecule has 2 atom stereocenters. The number of rotatable bonds is 2. The summed E-state index contributed by atoms with van der Waals surface area (Å²) in [7, 11) is 0. The van der Waals surface area contributed by atoms with Gasteiger partial charge in [0.1, 0.15) is 17.4 Å². The highest BCUT2D eigenvalue weighted by Crippen LogP contribution is 2.31. The first-order valence-corrected chi connectivity index (χ1v) is 6.55. The van der Waals surface area contributed by atoms with Crippen LogP contribution in [-0.4, -0.2) is 6.04 Å². The van der Waals surface area contributed by atoms with Crippen molar-refractivity contribution in [2.75, 3.05) is 5.32 Å². The minimum absolute atomic E-state index is 0.128. The van der Waals surface area contributed by atoms with Crippen molar-refractivity contribution >= 4 is 5.69 Å². The minimum Gasteiger partial charge on any atom is -0.381 e. The van der Waals surface area contributed by atoms with Gasteiger partial charge in [-0.25, -0.2) is 4.39 Å². The van der Waals surface area contributed by atoms with E-state index >= 15 is 0 Å². The SMILES string of the molecule is CC1CC(C)CC(Nc2cccc(F)c2C#N)C1. The van der Waals surface area contributed by atoms with Crippen molar-refractivity contribution in [2.24, 2.45) is 11.8 Å². The van der Waals surface area contributed by atoms with Gasteiger partial charge in [0.15, 0.2) is 0 Å². The lowest BCUT2D eigenvalue weighted by atomic mass is 9.80. The van der Waals surface area contributed by atoms with Gasteiger partial charge in [-0.15, -0.1) is 0 Å². The van der Waals surface area contributed by atoms with E-state index < -0.39 is 5.82 Å². The van der Waals surface area contributed by atoms with Gasteiger partial charge in [-0.05, 0) is 43.2 Å². The van der Waals surface area contributed by atoms with Crippen LogP contribution in [0.3, 0.4) is 0 Å². The van der Waals surface area contributed by atoms with Crippen molar-refractivity contribution in [1.29, 1.82) is 5.26 Å². The normalized spacial score (nSPS) is 27.6. The van der Waals surface area contributed by atoms with Crippen LogP contribution in [0.2, 0.25) is 0 Å². The summed E-state index contributed by atoms with van der Waals surface area (Å²) >= 11 is 0. The number of benzene rings is 1. The van der Waals surface area contributed by atoms with E-state index in [1.54, 1.807) is 12.1 Å². The molecule has 3 heteroatoms. The van der Waals surface area contributed by atoms with Crippen LogP contribution in [0.15, 0.2) is 18.2 Å². The Morgan fingerprint density at radius 1 is 1.22 bits per heavy atom. The number of halogens is 1. The summed E-state index contributed by atoms with van der Waals surface area (Å²) in [5.41, 5.74) is 0.757. The molecule has 1 aromatic carbocycles. The molecule has 1 saturated carbocycles. The lowest BCUT2D eigenvalue weighted by Gasteiger charge is -2.32. The molecule has 0 bridgehead atoms. The van der Waals surface area contributed by atoms with Crippen LogP contribution in [0.1, 0.15) is 38.7 Å². The van der Waals surface area contributed by atoms with Gasteiger partial charge in [0, 0.05) is 6.04 Å². The lowest BCUT2D eigenvalue weighted by molar-refractivity contribution is 0.281.